The number of carbonyl (C=O) groups is 1. The number of hydrogen-bond donors (Lipinski definition) is 0. The fourth-order valence-corrected chi connectivity index (χ4v) is 4.78. The number of carbonyl (C=O) groups excluding carboxylic acids is 1. The monoisotopic (exact) mass is 338 g/mol. The normalized spacial score (nSPS) is 26.6. The average molecular weight is 338 g/mol. The van der Waals surface area contributed by atoms with Crippen LogP contribution in [0, 0.1) is 0 Å². The number of rotatable bonds is 3. The lowest BCUT2D eigenvalue weighted by Gasteiger charge is -2.46. The summed E-state index contributed by atoms with van der Waals surface area (Å²) in [5, 5.41) is 4.28. The van der Waals surface area contributed by atoms with Gasteiger partial charge < -0.3 is 4.90 Å². The number of piperidine rings is 1. The van der Waals surface area contributed by atoms with Crippen LogP contribution in [-0.4, -0.2) is 51.2 Å². The maximum atomic E-state index is 12.2. The second-order valence-corrected chi connectivity index (χ2v) is 7.51. The van der Waals surface area contributed by atoms with Crippen LogP contribution in [0.25, 0.3) is 0 Å². The highest BCUT2D eigenvalue weighted by molar-refractivity contribution is 5.74. The topological polar surface area (TPSA) is 41.4 Å². The lowest BCUT2D eigenvalue weighted by Crippen LogP contribution is -2.56. The van der Waals surface area contributed by atoms with Gasteiger partial charge in [0.2, 0.25) is 5.91 Å². The number of aryl methyl sites for hydroxylation is 1. The third kappa shape index (κ3) is 2.86. The van der Waals surface area contributed by atoms with E-state index < -0.39 is 0 Å². The molecule has 1 amide bonds. The number of aromatic nitrogens is 2. The number of likely N-dealkylation sites (tertiary alicyclic amines) is 2. The summed E-state index contributed by atoms with van der Waals surface area (Å²) in [7, 11) is 1.95. The summed E-state index contributed by atoms with van der Waals surface area (Å²) in [6.45, 7) is 5.48. The van der Waals surface area contributed by atoms with Crippen LogP contribution < -0.4 is 0 Å². The van der Waals surface area contributed by atoms with E-state index in [1.807, 2.05) is 17.9 Å². The van der Waals surface area contributed by atoms with Crippen molar-refractivity contribution in [2.45, 2.75) is 37.8 Å². The maximum Gasteiger partial charge on any atom is 0.219 e. The summed E-state index contributed by atoms with van der Waals surface area (Å²) in [4.78, 5) is 16.8. The first kappa shape index (κ1) is 16.3. The third-order valence-electron chi connectivity index (χ3n) is 6.04. The molecule has 2 fully saturated rings. The van der Waals surface area contributed by atoms with E-state index in [-0.39, 0.29) is 17.4 Å². The van der Waals surface area contributed by atoms with E-state index in [0.29, 0.717) is 0 Å². The molecule has 2 aliphatic heterocycles. The summed E-state index contributed by atoms with van der Waals surface area (Å²) in [5.41, 5.74) is 2.74. The van der Waals surface area contributed by atoms with E-state index in [2.05, 4.69) is 51.4 Å². The molecule has 2 aromatic rings. The Morgan fingerprint density at radius 1 is 1.24 bits per heavy atom. The summed E-state index contributed by atoms with van der Waals surface area (Å²) in [6, 6.07) is 11.1. The number of benzene rings is 1. The van der Waals surface area contributed by atoms with E-state index >= 15 is 0 Å². The molecule has 4 rings (SSSR count). The largest absolute Gasteiger partial charge is 0.338 e. The van der Waals surface area contributed by atoms with E-state index in [1.165, 1.54) is 11.1 Å². The van der Waals surface area contributed by atoms with Gasteiger partial charge in [0.15, 0.2) is 0 Å². The predicted octanol–water partition coefficient (Wildman–Crippen LogP) is 2.18. The Labute approximate surface area is 149 Å². The minimum atomic E-state index is 0.109. The van der Waals surface area contributed by atoms with Crippen molar-refractivity contribution in [1.29, 1.82) is 0 Å². The highest BCUT2D eigenvalue weighted by atomic mass is 16.2. The van der Waals surface area contributed by atoms with E-state index in [1.54, 1.807) is 6.92 Å². The van der Waals surface area contributed by atoms with Crippen molar-refractivity contribution in [2.75, 3.05) is 19.6 Å². The molecule has 2 saturated heterocycles. The van der Waals surface area contributed by atoms with Crippen molar-refractivity contribution in [3.63, 3.8) is 0 Å². The Bertz CT molecular complexity index is 756. The lowest BCUT2D eigenvalue weighted by atomic mass is 9.69. The number of hydrogen-bond acceptors (Lipinski definition) is 3. The Morgan fingerprint density at radius 3 is 2.68 bits per heavy atom. The molecule has 132 valence electrons. The van der Waals surface area contributed by atoms with Crippen molar-refractivity contribution < 1.29 is 4.79 Å². The van der Waals surface area contributed by atoms with Gasteiger partial charge in [-0.3, -0.25) is 14.4 Å². The van der Waals surface area contributed by atoms with Crippen molar-refractivity contribution >= 4 is 5.91 Å². The number of amides is 1. The van der Waals surface area contributed by atoms with Gasteiger partial charge in [0.25, 0.3) is 0 Å². The molecule has 0 saturated carbocycles. The first-order valence-electron chi connectivity index (χ1n) is 9.11. The van der Waals surface area contributed by atoms with Gasteiger partial charge in [-0.2, -0.15) is 5.10 Å². The van der Waals surface area contributed by atoms with Gasteiger partial charge in [0.1, 0.15) is 0 Å². The summed E-state index contributed by atoms with van der Waals surface area (Å²) < 4.78 is 1.85. The molecule has 2 atom stereocenters. The average Bonchev–Trinajstić information content (AvgIpc) is 3.20. The predicted molar refractivity (Wildman–Crippen MR) is 97.0 cm³/mol. The molecular formula is C20H26N4O. The van der Waals surface area contributed by atoms with Gasteiger partial charge in [0.05, 0.1) is 12.2 Å². The molecule has 0 radical (unpaired) electrons. The molecule has 0 bridgehead atoms. The van der Waals surface area contributed by atoms with Crippen LogP contribution in [0.15, 0.2) is 42.7 Å². The molecule has 0 aliphatic carbocycles. The first-order valence-corrected chi connectivity index (χ1v) is 9.11. The number of fused-ring (bicyclic) bond motifs is 1. The van der Waals surface area contributed by atoms with Crippen LogP contribution in [0.5, 0.6) is 0 Å². The van der Waals surface area contributed by atoms with Gasteiger partial charge in [-0.15, -0.1) is 0 Å². The summed E-state index contributed by atoms with van der Waals surface area (Å²) in [5.74, 6) is 0.200. The quantitative estimate of drug-likeness (QED) is 0.861. The van der Waals surface area contributed by atoms with E-state index in [4.69, 9.17) is 0 Å². The van der Waals surface area contributed by atoms with Gasteiger partial charge in [-0.1, -0.05) is 30.3 Å². The Kier molecular flexibility index (Phi) is 4.12. The van der Waals surface area contributed by atoms with E-state index in [0.717, 1.165) is 39.0 Å². The van der Waals surface area contributed by atoms with Gasteiger partial charge >= 0.3 is 0 Å². The van der Waals surface area contributed by atoms with Gasteiger partial charge in [-0.05, 0) is 24.9 Å². The highest BCUT2D eigenvalue weighted by Gasteiger charge is 2.51. The van der Waals surface area contributed by atoms with Crippen LogP contribution in [0.4, 0.5) is 0 Å². The fraction of sp³-hybridized carbons (Fsp3) is 0.500. The van der Waals surface area contributed by atoms with Crippen LogP contribution in [-0.2, 0) is 23.8 Å². The third-order valence-corrected chi connectivity index (χ3v) is 6.04. The molecule has 25 heavy (non-hydrogen) atoms. The zero-order chi connectivity index (χ0) is 17.4. The highest BCUT2D eigenvalue weighted by Crippen LogP contribution is 2.45. The van der Waals surface area contributed by atoms with Crippen LogP contribution >= 0.6 is 0 Å². The van der Waals surface area contributed by atoms with Crippen LogP contribution in [0.2, 0.25) is 0 Å². The molecule has 2 aliphatic rings. The molecule has 1 aromatic carbocycles. The minimum Gasteiger partial charge on any atom is -0.338 e. The van der Waals surface area contributed by atoms with Gasteiger partial charge in [0, 0.05) is 50.8 Å². The van der Waals surface area contributed by atoms with E-state index in [9.17, 15) is 4.79 Å². The minimum absolute atomic E-state index is 0.109. The molecule has 5 heteroatoms. The van der Waals surface area contributed by atoms with Gasteiger partial charge in [-0.25, -0.2) is 0 Å². The maximum absolute atomic E-state index is 12.2. The standard InChI is InChI=1S/C20H26N4O/c1-16(25)24-11-9-20(18-6-4-3-5-7-18)8-10-23(15-19(20)24)14-17-12-21-22(2)13-17/h3-7,12-13,19H,8-11,14-15H2,1-2H3/t19-,20+/m1/s1. The van der Waals surface area contributed by atoms with Crippen molar-refractivity contribution in [1.82, 2.24) is 19.6 Å². The molecule has 3 heterocycles. The molecular weight excluding hydrogens is 312 g/mol. The Morgan fingerprint density at radius 2 is 2.00 bits per heavy atom. The molecule has 1 aromatic heterocycles. The van der Waals surface area contributed by atoms with Crippen LogP contribution in [0.3, 0.4) is 0 Å². The van der Waals surface area contributed by atoms with Crippen LogP contribution in [0.1, 0.15) is 30.9 Å². The Balaban J connectivity index is 1.60. The number of nitrogens with zero attached hydrogens (tertiary/aromatic N) is 4. The fourth-order valence-electron chi connectivity index (χ4n) is 4.78. The second kappa shape index (κ2) is 6.30. The molecule has 0 spiro atoms. The second-order valence-electron chi connectivity index (χ2n) is 7.51. The molecule has 0 unspecified atom stereocenters. The molecule has 5 nitrogen and oxygen atoms in total. The summed E-state index contributed by atoms with van der Waals surface area (Å²) >= 11 is 0. The summed E-state index contributed by atoms with van der Waals surface area (Å²) in [6.07, 6.45) is 6.20. The SMILES string of the molecule is CC(=O)N1CC[C@]2(c3ccccc3)CCN(Cc3cnn(C)c3)C[C@@H]12. The zero-order valence-electron chi connectivity index (χ0n) is 15.1. The smallest absolute Gasteiger partial charge is 0.219 e. The lowest BCUT2D eigenvalue weighted by molar-refractivity contribution is -0.131. The molecule has 0 N–H and O–H groups in total. The van der Waals surface area contributed by atoms with Crippen molar-refractivity contribution in [3.8, 4) is 0 Å². The van der Waals surface area contributed by atoms with Crippen molar-refractivity contribution in [3.05, 3.63) is 53.9 Å². The zero-order valence-corrected chi connectivity index (χ0v) is 15.1. The van der Waals surface area contributed by atoms with Crippen molar-refractivity contribution in [2.24, 2.45) is 7.05 Å². The first-order chi connectivity index (χ1) is 12.1. The Hall–Kier alpha value is -2.14.